The molecule has 0 fully saturated rings. The molecule has 33 heavy (non-hydrogen) atoms. The van der Waals surface area contributed by atoms with Crippen LogP contribution in [0.1, 0.15) is 37.5 Å². The first-order chi connectivity index (χ1) is 16.0. The number of carbonyl (C=O) groups excluding carboxylic acids is 2. The zero-order valence-corrected chi connectivity index (χ0v) is 18.7. The van der Waals surface area contributed by atoms with Crippen molar-refractivity contribution in [2.45, 2.75) is 20.0 Å². The van der Waals surface area contributed by atoms with Crippen LogP contribution in [0.5, 0.6) is 0 Å². The summed E-state index contributed by atoms with van der Waals surface area (Å²) in [4.78, 5) is 27.9. The normalized spacial score (nSPS) is 12.5. The molecule has 3 aromatic carbocycles. The summed E-state index contributed by atoms with van der Waals surface area (Å²) in [6, 6.07) is 21.9. The number of hydrogen-bond acceptors (Lipinski definition) is 3. The highest BCUT2D eigenvalue weighted by Gasteiger charge is 2.25. The van der Waals surface area contributed by atoms with Crippen molar-refractivity contribution in [1.29, 1.82) is 0 Å². The van der Waals surface area contributed by atoms with E-state index in [1.54, 1.807) is 53.6 Å². The minimum atomic E-state index is -0.224. The van der Waals surface area contributed by atoms with E-state index in [1.165, 1.54) is 0 Å². The molecule has 0 bridgehead atoms. The second-order valence-electron chi connectivity index (χ2n) is 7.99. The number of rotatable bonds is 3. The number of nitrogens with one attached hydrogen (secondary N) is 1. The minimum absolute atomic E-state index is 0.108. The highest BCUT2D eigenvalue weighted by molar-refractivity contribution is 6.30. The van der Waals surface area contributed by atoms with E-state index in [9.17, 15) is 9.59 Å². The summed E-state index contributed by atoms with van der Waals surface area (Å²) in [6.07, 6.45) is 1.76. The predicted octanol–water partition coefficient (Wildman–Crippen LogP) is 5.31. The Morgan fingerprint density at radius 3 is 2.55 bits per heavy atom. The molecule has 0 aliphatic carbocycles. The van der Waals surface area contributed by atoms with Crippen molar-refractivity contribution in [3.63, 3.8) is 0 Å². The molecule has 0 saturated heterocycles. The summed E-state index contributed by atoms with van der Waals surface area (Å²) in [6.45, 7) is 2.90. The van der Waals surface area contributed by atoms with Gasteiger partial charge < -0.3 is 10.2 Å². The number of hydrogen-bond donors (Lipinski definition) is 1. The van der Waals surface area contributed by atoms with Crippen LogP contribution in [0.2, 0.25) is 5.02 Å². The summed E-state index contributed by atoms with van der Waals surface area (Å²) in [5.74, 6) is -0.332. The van der Waals surface area contributed by atoms with E-state index in [-0.39, 0.29) is 11.8 Å². The lowest BCUT2D eigenvalue weighted by molar-refractivity contribution is 0.0983. The monoisotopic (exact) mass is 456 g/mol. The Bertz CT molecular complexity index is 1360. The van der Waals surface area contributed by atoms with Crippen LogP contribution in [-0.2, 0) is 13.1 Å². The lowest BCUT2D eigenvalue weighted by atomic mass is 10.1. The molecule has 1 aliphatic heterocycles. The van der Waals surface area contributed by atoms with E-state index in [4.69, 9.17) is 11.6 Å². The molecule has 4 aromatic rings. The number of halogens is 1. The van der Waals surface area contributed by atoms with Crippen LogP contribution in [0.4, 0.5) is 11.4 Å². The number of aromatic nitrogens is 2. The summed E-state index contributed by atoms with van der Waals surface area (Å²) in [5.41, 5.74) is 5.39. The first-order valence-electron chi connectivity index (χ1n) is 10.6. The molecule has 1 aromatic heterocycles. The van der Waals surface area contributed by atoms with Crippen LogP contribution in [0.15, 0.2) is 79.0 Å². The van der Waals surface area contributed by atoms with Gasteiger partial charge in [-0.05, 0) is 72.6 Å². The zero-order valence-electron chi connectivity index (χ0n) is 18.0. The van der Waals surface area contributed by atoms with Gasteiger partial charge in [0.15, 0.2) is 0 Å². The van der Waals surface area contributed by atoms with Gasteiger partial charge in [-0.25, -0.2) is 0 Å². The number of amides is 2. The van der Waals surface area contributed by atoms with Crippen molar-refractivity contribution >= 4 is 34.8 Å². The molecular weight excluding hydrogens is 436 g/mol. The van der Waals surface area contributed by atoms with Gasteiger partial charge in [-0.1, -0.05) is 29.8 Å². The maximum Gasteiger partial charge on any atom is 0.258 e. The van der Waals surface area contributed by atoms with E-state index >= 15 is 0 Å². The Balaban J connectivity index is 1.38. The fourth-order valence-corrected chi connectivity index (χ4v) is 4.29. The summed E-state index contributed by atoms with van der Waals surface area (Å²) in [5, 5.41) is 7.86. The van der Waals surface area contributed by atoms with Gasteiger partial charge in [0.2, 0.25) is 0 Å². The van der Waals surface area contributed by atoms with Crippen molar-refractivity contribution in [1.82, 2.24) is 9.78 Å². The Morgan fingerprint density at radius 1 is 0.970 bits per heavy atom. The molecule has 6 nitrogen and oxygen atoms in total. The largest absolute Gasteiger partial charge is 0.322 e. The fraction of sp³-hybridized carbons (Fsp3) is 0.115. The van der Waals surface area contributed by atoms with Gasteiger partial charge in [0.1, 0.15) is 0 Å². The lowest BCUT2D eigenvalue weighted by Gasteiger charge is -2.22. The zero-order chi connectivity index (χ0) is 22.9. The smallest absolute Gasteiger partial charge is 0.258 e. The number of carbonyl (C=O) groups is 2. The molecule has 0 atom stereocenters. The molecule has 5 rings (SSSR count). The van der Waals surface area contributed by atoms with Crippen LogP contribution in [0.3, 0.4) is 0 Å². The first kappa shape index (κ1) is 21.0. The molecule has 0 spiro atoms. The van der Waals surface area contributed by atoms with Crippen molar-refractivity contribution < 1.29 is 9.59 Å². The highest BCUT2D eigenvalue weighted by atomic mass is 35.5. The number of fused-ring (bicyclic) bond motifs is 2. The molecule has 0 saturated carbocycles. The molecule has 7 heteroatoms. The number of aryl methyl sites for hydroxylation is 1. The summed E-state index contributed by atoms with van der Waals surface area (Å²) < 4.78 is 1.92. The molecule has 1 N–H and O–H groups in total. The summed E-state index contributed by atoms with van der Waals surface area (Å²) in [7, 11) is 0. The van der Waals surface area contributed by atoms with Gasteiger partial charge in [0.05, 0.1) is 18.8 Å². The third kappa shape index (κ3) is 4.13. The van der Waals surface area contributed by atoms with Gasteiger partial charge in [-0.15, -0.1) is 0 Å². The predicted molar refractivity (Wildman–Crippen MR) is 129 cm³/mol. The second-order valence-corrected chi connectivity index (χ2v) is 8.43. The van der Waals surface area contributed by atoms with Crippen LogP contribution in [0.25, 0.3) is 0 Å². The van der Waals surface area contributed by atoms with Crippen LogP contribution >= 0.6 is 11.6 Å². The molecule has 2 heterocycles. The molecular formula is C26H21ClN4O2. The van der Waals surface area contributed by atoms with E-state index < -0.39 is 0 Å². The Kier molecular flexibility index (Phi) is 5.44. The second kappa shape index (κ2) is 8.56. The molecule has 0 radical (unpaired) electrons. The SMILES string of the molecule is Cc1cc(Cl)ccc1C(=O)Nc1ccc(C(=O)N2Cc3ccnn3Cc3ccccc32)cc1. The first-order valence-corrected chi connectivity index (χ1v) is 11.0. The fourth-order valence-electron chi connectivity index (χ4n) is 4.07. The highest BCUT2D eigenvalue weighted by Crippen LogP contribution is 2.29. The number of anilines is 2. The van der Waals surface area contributed by atoms with Gasteiger partial charge in [0, 0.05) is 33.7 Å². The van der Waals surface area contributed by atoms with Crippen molar-refractivity contribution in [2.75, 3.05) is 10.2 Å². The van der Waals surface area contributed by atoms with E-state index in [1.807, 2.05) is 41.9 Å². The molecule has 164 valence electrons. The van der Waals surface area contributed by atoms with Crippen molar-refractivity contribution in [3.8, 4) is 0 Å². The topological polar surface area (TPSA) is 67.2 Å². The van der Waals surface area contributed by atoms with E-state index in [0.717, 1.165) is 22.5 Å². The van der Waals surface area contributed by atoms with Gasteiger partial charge in [-0.2, -0.15) is 5.10 Å². The van der Waals surface area contributed by atoms with Gasteiger partial charge >= 0.3 is 0 Å². The Morgan fingerprint density at radius 2 is 1.76 bits per heavy atom. The quantitative estimate of drug-likeness (QED) is 0.454. The lowest BCUT2D eigenvalue weighted by Crippen LogP contribution is -2.30. The minimum Gasteiger partial charge on any atom is -0.322 e. The molecule has 1 aliphatic rings. The number of para-hydroxylation sites is 1. The molecule has 2 amide bonds. The number of nitrogens with zero attached hydrogens (tertiary/aromatic N) is 3. The van der Waals surface area contributed by atoms with E-state index in [0.29, 0.717) is 34.9 Å². The third-order valence-corrected chi connectivity index (χ3v) is 6.03. The maximum absolute atomic E-state index is 13.5. The average molecular weight is 457 g/mol. The number of benzene rings is 3. The van der Waals surface area contributed by atoms with Crippen molar-refractivity contribution in [2.24, 2.45) is 0 Å². The standard InChI is InChI=1S/C26H21ClN4O2/c1-17-14-20(27)8-11-23(17)25(32)29-21-9-6-18(7-10-21)26(33)30-16-22-12-13-28-31(22)15-19-4-2-3-5-24(19)30/h2-14H,15-16H2,1H3,(H,29,32). The van der Waals surface area contributed by atoms with Crippen molar-refractivity contribution in [3.05, 3.63) is 112 Å². The van der Waals surface area contributed by atoms with Crippen LogP contribution < -0.4 is 10.2 Å². The van der Waals surface area contributed by atoms with E-state index in [2.05, 4.69) is 10.4 Å². The third-order valence-electron chi connectivity index (χ3n) is 5.80. The molecule has 0 unspecified atom stereocenters. The Hall–Kier alpha value is -3.90. The van der Waals surface area contributed by atoms with Crippen LogP contribution in [-0.4, -0.2) is 21.6 Å². The maximum atomic E-state index is 13.5. The van der Waals surface area contributed by atoms with Gasteiger partial charge in [0.25, 0.3) is 11.8 Å². The Labute approximate surface area is 196 Å². The summed E-state index contributed by atoms with van der Waals surface area (Å²) >= 11 is 5.98. The average Bonchev–Trinajstić information content (AvgIpc) is 3.18. The van der Waals surface area contributed by atoms with Crippen LogP contribution in [0, 0.1) is 6.92 Å². The van der Waals surface area contributed by atoms with Gasteiger partial charge in [-0.3, -0.25) is 14.3 Å².